The van der Waals surface area contributed by atoms with Gasteiger partial charge in [0.05, 0.1) is 14.2 Å². The summed E-state index contributed by atoms with van der Waals surface area (Å²) in [4.78, 5) is 14.4. The summed E-state index contributed by atoms with van der Waals surface area (Å²) in [7, 11) is 5.47. The van der Waals surface area contributed by atoms with Crippen molar-refractivity contribution in [2.45, 2.75) is 51.0 Å². The van der Waals surface area contributed by atoms with Crippen molar-refractivity contribution < 1.29 is 19.0 Å². The van der Waals surface area contributed by atoms with Gasteiger partial charge in [0.1, 0.15) is 5.76 Å². The van der Waals surface area contributed by atoms with E-state index >= 15 is 0 Å². The number of likely N-dealkylation sites (N-methyl/N-ethyl adjacent to an activating group) is 1. The molecule has 1 heterocycles. The van der Waals surface area contributed by atoms with E-state index in [1.54, 1.807) is 14.2 Å². The molecule has 0 spiro atoms. The number of carbonyl (C=O) groups excluding carboxylic acids is 1. The van der Waals surface area contributed by atoms with Crippen LogP contribution in [0.2, 0.25) is 0 Å². The summed E-state index contributed by atoms with van der Waals surface area (Å²) < 4.78 is 16.6. The van der Waals surface area contributed by atoms with Crippen LogP contribution in [0, 0.1) is 5.92 Å². The number of carbonyl (C=O) groups is 1. The largest absolute Gasteiger partial charge is 0.493 e. The first-order chi connectivity index (χ1) is 12.9. The maximum absolute atomic E-state index is 12.1. The molecule has 0 N–H and O–H groups in total. The molecule has 1 aromatic rings. The van der Waals surface area contributed by atoms with E-state index in [1.165, 1.54) is 5.56 Å². The number of nitrogens with zero attached hydrogens (tertiary/aromatic N) is 1. The van der Waals surface area contributed by atoms with Crippen LogP contribution in [0.4, 0.5) is 0 Å². The summed E-state index contributed by atoms with van der Waals surface area (Å²) >= 11 is 0. The predicted molar refractivity (Wildman–Crippen MR) is 105 cm³/mol. The second kappa shape index (κ2) is 7.93. The number of esters is 1. The molecule has 0 radical (unpaired) electrons. The Kier molecular flexibility index (Phi) is 5.80. The van der Waals surface area contributed by atoms with Gasteiger partial charge in [-0.25, -0.2) is 0 Å². The third-order valence-electron chi connectivity index (χ3n) is 5.89. The standard InChI is InChI=1S/C22H31NO4/c1-15(2)12-21(24)27-17-8-9-22(10-11-23(3)20(22)14-17)16-6-7-18(25-4)19(13-16)26-5/h6-7,13-15,20H,8-12H2,1-5H3. The van der Waals surface area contributed by atoms with Crippen LogP contribution in [0.3, 0.4) is 0 Å². The summed E-state index contributed by atoms with van der Waals surface area (Å²) in [5.74, 6) is 2.50. The van der Waals surface area contributed by atoms with Crippen LogP contribution in [0.5, 0.6) is 11.5 Å². The maximum atomic E-state index is 12.1. The molecular formula is C22H31NO4. The van der Waals surface area contributed by atoms with Crippen molar-refractivity contribution in [3.05, 3.63) is 35.6 Å². The molecule has 5 heteroatoms. The van der Waals surface area contributed by atoms with E-state index in [1.807, 2.05) is 19.9 Å². The van der Waals surface area contributed by atoms with E-state index < -0.39 is 0 Å². The van der Waals surface area contributed by atoms with Crippen LogP contribution in [0.1, 0.15) is 45.1 Å². The Balaban J connectivity index is 1.89. The van der Waals surface area contributed by atoms with Gasteiger partial charge >= 0.3 is 5.97 Å². The number of methoxy groups -OCH3 is 2. The molecular weight excluding hydrogens is 342 g/mol. The fourth-order valence-electron chi connectivity index (χ4n) is 4.46. The molecule has 0 bridgehead atoms. The summed E-state index contributed by atoms with van der Waals surface area (Å²) in [6, 6.07) is 6.46. The highest BCUT2D eigenvalue weighted by Gasteiger charge is 2.48. The number of likely N-dealkylation sites (tertiary alicyclic amines) is 1. The fourth-order valence-corrected chi connectivity index (χ4v) is 4.46. The number of rotatable bonds is 6. The van der Waals surface area contributed by atoms with Gasteiger partial charge in [-0.3, -0.25) is 9.69 Å². The normalized spacial score (nSPS) is 25.1. The van der Waals surface area contributed by atoms with Gasteiger partial charge in [-0.1, -0.05) is 19.9 Å². The second-order valence-corrected chi connectivity index (χ2v) is 8.11. The third-order valence-corrected chi connectivity index (χ3v) is 5.89. The van der Waals surface area contributed by atoms with E-state index in [4.69, 9.17) is 14.2 Å². The molecule has 0 aromatic heterocycles. The molecule has 27 heavy (non-hydrogen) atoms. The summed E-state index contributed by atoms with van der Waals surface area (Å²) in [6.07, 6.45) is 5.43. The minimum absolute atomic E-state index is 0.0161. The van der Waals surface area contributed by atoms with Crippen LogP contribution in [0.25, 0.3) is 0 Å². The molecule has 1 aromatic carbocycles. The van der Waals surface area contributed by atoms with Gasteiger partial charge in [-0.15, -0.1) is 0 Å². The maximum Gasteiger partial charge on any atom is 0.311 e. The average Bonchev–Trinajstić information content (AvgIpc) is 2.98. The van der Waals surface area contributed by atoms with Crippen molar-refractivity contribution in [1.82, 2.24) is 4.90 Å². The number of allylic oxidation sites excluding steroid dienone is 1. The fraction of sp³-hybridized carbons (Fsp3) is 0.591. The smallest absolute Gasteiger partial charge is 0.311 e. The number of hydrogen-bond acceptors (Lipinski definition) is 5. The highest BCUT2D eigenvalue weighted by atomic mass is 16.5. The Morgan fingerprint density at radius 3 is 2.63 bits per heavy atom. The SMILES string of the molecule is COc1ccc(C23CCC(OC(=O)CC(C)C)=CC2N(C)CC3)cc1OC. The van der Waals surface area contributed by atoms with E-state index in [2.05, 4.69) is 30.2 Å². The molecule has 2 atom stereocenters. The molecule has 2 aliphatic rings. The lowest BCUT2D eigenvalue weighted by Crippen LogP contribution is -2.42. The molecule has 1 aliphatic heterocycles. The zero-order valence-electron chi connectivity index (χ0n) is 17.1. The second-order valence-electron chi connectivity index (χ2n) is 8.11. The van der Waals surface area contributed by atoms with Gasteiger partial charge < -0.3 is 14.2 Å². The number of hydrogen-bond donors (Lipinski definition) is 0. The van der Waals surface area contributed by atoms with Gasteiger partial charge in [0.25, 0.3) is 0 Å². The Hall–Kier alpha value is -2.01. The Morgan fingerprint density at radius 1 is 1.22 bits per heavy atom. The Bertz CT molecular complexity index is 727. The Morgan fingerprint density at radius 2 is 1.96 bits per heavy atom. The van der Waals surface area contributed by atoms with Crippen LogP contribution in [0.15, 0.2) is 30.0 Å². The lowest BCUT2D eigenvalue weighted by atomic mass is 9.68. The quantitative estimate of drug-likeness (QED) is 0.708. The minimum Gasteiger partial charge on any atom is -0.493 e. The number of ether oxygens (including phenoxy) is 3. The Labute approximate surface area is 162 Å². The molecule has 0 saturated carbocycles. The van der Waals surface area contributed by atoms with E-state index in [9.17, 15) is 4.79 Å². The first kappa shape index (κ1) is 19.7. The number of benzene rings is 1. The van der Waals surface area contributed by atoms with Crippen LogP contribution in [-0.4, -0.2) is 44.7 Å². The molecule has 148 valence electrons. The molecule has 1 fully saturated rings. The van der Waals surface area contributed by atoms with E-state index in [0.717, 1.165) is 43.1 Å². The summed E-state index contributed by atoms with van der Waals surface area (Å²) in [5.41, 5.74) is 1.28. The minimum atomic E-state index is -0.129. The summed E-state index contributed by atoms with van der Waals surface area (Å²) in [5, 5.41) is 0. The van der Waals surface area contributed by atoms with E-state index in [0.29, 0.717) is 12.3 Å². The zero-order chi connectivity index (χ0) is 19.6. The van der Waals surface area contributed by atoms with Crippen molar-refractivity contribution in [1.29, 1.82) is 0 Å². The molecule has 0 amide bonds. The van der Waals surface area contributed by atoms with Crippen LogP contribution in [-0.2, 0) is 14.9 Å². The molecule has 5 nitrogen and oxygen atoms in total. The molecule has 1 saturated heterocycles. The highest BCUT2D eigenvalue weighted by Crippen LogP contribution is 2.49. The average molecular weight is 373 g/mol. The topological polar surface area (TPSA) is 48.0 Å². The molecule has 1 aliphatic carbocycles. The first-order valence-corrected chi connectivity index (χ1v) is 9.73. The van der Waals surface area contributed by atoms with Crippen LogP contribution >= 0.6 is 0 Å². The number of fused-ring (bicyclic) bond motifs is 1. The van der Waals surface area contributed by atoms with Crippen LogP contribution < -0.4 is 9.47 Å². The summed E-state index contributed by atoms with van der Waals surface area (Å²) in [6.45, 7) is 5.08. The van der Waals surface area contributed by atoms with Crippen molar-refractivity contribution in [3.8, 4) is 11.5 Å². The monoisotopic (exact) mass is 373 g/mol. The zero-order valence-corrected chi connectivity index (χ0v) is 17.1. The van der Waals surface area contributed by atoms with Crippen molar-refractivity contribution >= 4 is 5.97 Å². The first-order valence-electron chi connectivity index (χ1n) is 9.73. The van der Waals surface area contributed by atoms with Gasteiger partial charge in [0.15, 0.2) is 11.5 Å². The molecule has 2 unspecified atom stereocenters. The van der Waals surface area contributed by atoms with Gasteiger partial charge in [-0.05, 0) is 56.1 Å². The van der Waals surface area contributed by atoms with Crippen molar-refractivity contribution in [3.63, 3.8) is 0 Å². The van der Waals surface area contributed by atoms with Crippen molar-refractivity contribution in [2.75, 3.05) is 27.8 Å². The third kappa shape index (κ3) is 3.84. The predicted octanol–water partition coefficient (Wildman–Crippen LogP) is 3.91. The lowest BCUT2D eigenvalue weighted by molar-refractivity contribution is -0.140. The highest BCUT2D eigenvalue weighted by molar-refractivity contribution is 5.70. The van der Waals surface area contributed by atoms with Gasteiger partial charge in [0.2, 0.25) is 0 Å². The van der Waals surface area contributed by atoms with Gasteiger partial charge in [0, 0.05) is 24.3 Å². The van der Waals surface area contributed by atoms with Gasteiger partial charge in [-0.2, -0.15) is 0 Å². The van der Waals surface area contributed by atoms with Crippen molar-refractivity contribution in [2.24, 2.45) is 5.92 Å². The van der Waals surface area contributed by atoms with E-state index in [-0.39, 0.29) is 17.4 Å². The lowest BCUT2D eigenvalue weighted by Gasteiger charge is -2.40. The molecule has 3 rings (SSSR count).